The van der Waals surface area contributed by atoms with Gasteiger partial charge in [0.25, 0.3) is 0 Å². The van der Waals surface area contributed by atoms with E-state index in [0.29, 0.717) is 16.7 Å². The zero-order valence-electron chi connectivity index (χ0n) is 37.0. The number of benzene rings is 3. The molecule has 16 atom stereocenters. The van der Waals surface area contributed by atoms with E-state index < -0.39 is 168 Å². The van der Waals surface area contributed by atoms with Crippen LogP contribution in [0.4, 0.5) is 0 Å². The molecule has 3 fully saturated rings. The van der Waals surface area contributed by atoms with E-state index in [1.807, 2.05) is 0 Å². The standard InChI is InChI=1S/C45H56O25/c46-15-27-32(51)35(54)38(57)41(68-27)65-24-7-1-21(2-8-24)18-62-30(49)13-45(61,44(60)64-20-23-5-11-26(12-6-23)67-43-40(59)37(56)34(53)29(17-48)70-43)14-31(50)63-19-22-3-9-25(10-4-22)66-42-39(58)36(55)33(52)28(16-47)69-42/h1-12,27-29,32-43,46-48,51-59,61H,13-20H2/t27-,28+,29-,32-,33+,34+,35+,36-,37+,38+,39+,40+,41-,42+,43-,45?/m1/s1. The maximum absolute atomic E-state index is 13.6. The summed E-state index contributed by atoms with van der Waals surface area (Å²) in [5.41, 5.74) is -1.82. The zero-order chi connectivity index (χ0) is 50.9. The number of hydrogen-bond acceptors (Lipinski definition) is 25. The number of esters is 3. The Balaban J connectivity index is 1.07. The fourth-order valence-corrected chi connectivity index (χ4v) is 7.29. The average molecular weight is 997 g/mol. The number of hydrogen-bond donors (Lipinski definition) is 13. The molecule has 13 N–H and O–H groups in total. The Morgan fingerprint density at radius 3 is 0.957 bits per heavy atom. The summed E-state index contributed by atoms with van der Waals surface area (Å²) in [5, 5.41) is 131. The van der Waals surface area contributed by atoms with Crippen LogP contribution in [0.15, 0.2) is 72.8 Å². The van der Waals surface area contributed by atoms with Crippen LogP contribution in [0.3, 0.4) is 0 Å². The van der Waals surface area contributed by atoms with E-state index in [-0.39, 0.29) is 17.2 Å². The predicted molar refractivity (Wildman–Crippen MR) is 226 cm³/mol. The molecule has 386 valence electrons. The lowest BCUT2D eigenvalue weighted by molar-refractivity contribution is -0.277. The maximum Gasteiger partial charge on any atom is 0.339 e. The molecule has 3 heterocycles. The van der Waals surface area contributed by atoms with Crippen LogP contribution in [0.2, 0.25) is 0 Å². The van der Waals surface area contributed by atoms with Crippen LogP contribution in [-0.2, 0) is 62.6 Å². The van der Waals surface area contributed by atoms with Crippen molar-refractivity contribution >= 4 is 17.9 Å². The van der Waals surface area contributed by atoms with Crippen molar-refractivity contribution in [2.24, 2.45) is 0 Å². The third kappa shape index (κ3) is 13.4. The molecule has 1 unspecified atom stereocenters. The molecular formula is C45H56O25. The third-order valence-corrected chi connectivity index (χ3v) is 11.5. The molecule has 0 spiro atoms. The van der Waals surface area contributed by atoms with Gasteiger partial charge in [-0.1, -0.05) is 36.4 Å². The van der Waals surface area contributed by atoms with Crippen molar-refractivity contribution in [3.05, 3.63) is 89.5 Å². The van der Waals surface area contributed by atoms with Gasteiger partial charge >= 0.3 is 17.9 Å². The second kappa shape index (κ2) is 24.3. The Morgan fingerprint density at radius 1 is 0.414 bits per heavy atom. The minimum atomic E-state index is -2.85. The molecular weight excluding hydrogens is 940 g/mol. The number of aliphatic hydroxyl groups excluding tert-OH is 12. The molecule has 6 rings (SSSR count). The van der Waals surface area contributed by atoms with E-state index in [4.69, 9.17) is 42.6 Å². The molecule has 0 aromatic heterocycles. The summed E-state index contributed by atoms with van der Waals surface area (Å²) >= 11 is 0. The van der Waals surface area contributed by atoms with Gasteiger partial charge in [0, 0.05) is 0 Å². The van der Waals surface area contributed by atoms with E-state index in [1.165, 1.54) is 72.8 Å². The molecule has 25 nitrogen and oxygen atoms in total. The number of carbonyl (C=O) groups is 3. The molecule has 3 aliphatic heterocycles. The lowest BCUT2D eigenvalue weighted by atomic mass is 9.95. The van der Waals surface area contributed by atoms with Gasteiger partial charge in [0.05, 0.1) is 32.7 Å². The summed E-state index contributed by atoms with van der Waals surface area (Å²) in [4.78, 5) is 39.9. The van der Waals surface area contributed by atoms with Crippen LogP contribution in [0.1, 0.15) is 29.5 Å². The molecule has 3 aromatic carbocycles. The first-order chi connectivity index (χ1) is 33.3. The highest BCUT2D eigenvalue weighted by molar-refractivity contribution is 5.90. The minimum Gasteiger partial charge on any atom is -0.462 e. The highest BCUT2D eigenvalue weighted by Crippen LogP contribution is 2.29. The molecule has 0 radical (unpaired) electrons. The zero-order valence-corrected chi connectivity index (χ0v) is 37.0. The van der Waals surface area contributed by atoms with Crippen molar-refractivity contribution in [1.82, 2.24) is 0 Å². The van der Waals surface area contributed by atoms with Crippen molar-refractivity contribution in [3.8, 4) is 17.2 Å². The third-order valence-electron chi connectivity index (χ3n) is 11.5. The van der Waals surface area contributed by atoms with Gasteiger partial charge in [0.1, 0.15) is 110 Å². The van der Waals surface area contributed by atoms with E-state index in [2.05, 4.69) is 0 Å². The fourth-order valence-electron chi connectivity index (χ4n) is 7.29. The summed E-state index contributed by atoms with van der Waals surface area (Å²) in [6.45, 7) is -3.36. The Kier molecular flexibility index (Phi) is 18.8. The van der Waals surface area contributed by atoms with E-state index in [1.54, 1.807) is 0 Å². The van der Waals surface area contributed by atoms with Crippen LogP contribution in [0.5, 0.6) is 17.2 Å². The van der Waals surface area contributed by atoms with Gasteiger partial charge in [-0.3, -0.25) is 9.59 Å². The minimum absolute atomic E-state index is 0.0911. The predicted octanol–water partition coefficient (Wildman–Crippen LogP) is -4.74. The van der Waals surface area contributed by atoms with Crippen molar-refractivity contribution < 1.29 is 123 Å². The molecule has 70 heavy (non-hydrogen) atoms. The van der Waals surface area contributed by atoms with Crippen molar-refractivity contribution in [3.63, 3.8) is 0 Å². The summed E-state index contributed by atoms with van der Waals surface area (Å²) in [5.74, 6) is -3.41. The molecule has 3 saturated heterocycles. The van der Waals surface area contributed by atoms with Crippen molar-refractivity contribution in [2.45, 2.75) is 130 Å². The Morgan fingerprint density at radius 2 is 0.686 bits per heavy atom. The number of aliphatic hydroxyl groups is 13. The lowest BCUT2D eigenvalue weighted by Gasteiger charge is -2.39. The highest BCUT2D eigenvalue weighted by atomic mass is 16.7. The molecule has 25 heteroatoms. The van der Waals surface area contributed by atoms with Gasteiger partial charge < -0.3 is 109 Å². The molecule has 0 bridgehead atoms. The summed E-state index contributed by atoms with van der Waals surface area (Å²) in [6.07, 6.45) is -25.1. The lowest BCUT2D eigenvalue weighted by Crippen LogP contribution is -2.60. The molecule has 0 saturated carbocycles. The van der Waals surface area contributed by atoms with Gasteiger partial charge in [-0.2, -0.15) is 0 Å². The van der Waals surface area contributed by atoms with Gasteiger partial charge in [0.2, 0.25) is 18.9 Å². The summed E-state index contributed by atoms with van der Waals surface area (Å²) in [7, 11) is 0. The Bertz CT molecular complexity index is 2040. The van der Waals surface area contributed by atoms with Crippen LogP contribution in [-0.4, -0.2) is 202 Å². The summed E-state index contributed by atoms with van der Waals surface area (Å²) in [6, 6.07) is 16.9. The topological polar surface area (TPSA) is 397 Å². The fraction of sp³-hybridized carbons (Fsp3) is 0.533. The molecule has 3 aromatic rings. The Labute approximate surface area is 397 Å². The maximum atomic E-state index is 13.6. The van der Waals surface area contributed by atoms with Crippen molar-refractivity contribution in [1.29, 1.82) is 0 Å². The first-order valence-corrected chi connectivity index (χ1v) is 21.7. The normalized spacial score (nSPS) is 31.9. The van der Waals surface area contributed by atoms with Gasteiger partial charge in [0.15, 0.2) is 5.60 Å². The number of carbonyl (C=O) groups excluding carboxylic acids is 3. The van der Waals surface area contributed by atoms with E-state index in [0.717, 1.165) is 0 Å². The number of ether oxygens (including phenoxy) is 9. The van der Waals surface area contributed by atoms with Crippen LogP contribution < -0.4 is 14.2 Å². The van der Waals surface area contributed by atoms with Gasteiger partial charge in [-0.25, -0.2) is 4.79 Å². The number of rotatable bonds is 20. The van der Waals surface area contributed by atoms with Crippen molar-refractivity contribution in [2.75, 3.05) is 19.8 Å². The van der Waals surface area contributed by atoms with Crippen LogP contribution in [0.25, 0.3) is 0 Å². The second-order valence-electron chi connectivity index (χ2n) is 16.7. The quantitative estimate of drug-likeness (QED) is 0.0373. The van der Waals surface area contributed by atoms with E-state index >= 15 is 0 Å². The van der Waals surface area contributed by atoms with Crippen LogP contribution >= 0.6 is 0 Å². The highest BCUT2D eigenvalue weighted by Gasteiger charge is 2.48. The van der Waals surface area contributed by atoms with Crippen LogP contribution in [0, 0.1) is 0 Å². The SMILES string of the molecule is O=C(CC(O)(CC(=O)OCc1ccc(O[C@H]2O[C@@H](CO)[C@H](O)[C@@H](O)[C@@H]2O)cc1)C(=O)OCc1ccc(O[C@@H]2O[C@H](CO)[C@H](O)[C@H](O)[C@@H]2O)cc1)OCc1ccc(O[C@@H]2O[C@H](CO)[C@@H](O)[C@H](O)[C@@H]2O)cc1. The monoisotopic (exact) mass is 996 g/mol. The second-order valence-corrected chi connectivity index (χ2v) is 16.7. The molecule has 3 aliphatic rings. The molecule has 0 amide bonds. The molecule has 0 aliphatic carbocycles. The smallest absolute Gasteiger partial charge is 0.339 e. The van der Waals surface area contributed by atoms with Gasteiger partial charge in [-0.05, 0) is 53.1 Å². The summed E-state index contributed by atoms with van der Waals surface area (Å²) < 4.78 is 48.6. The average Bonchev–Trinajstić information content (AvgIpc) is 3.35. The first-order valence-electron chi connectivity index (χ1n) is 21.7. The first kappa shape index (κ1) is 54.2. The van der Waals surface area contributed by atoms with Gasteiger partial charge in [-0.15, -0.1) is 0 Å². The van der Waals surface area contributed by atoms with E-state index in [9.17, 15) is 80.8 Å². The largest absolute Gasteiger partial charge is 0.462 e. The Hall–Kier alpha value is -5.17.